The lowest BCUT2D eigenvalue weighted by molar-refractivity contribution is 0.0278. The van der Waals surface area contributed by atoms with Gasteiger partial charge < -0.3 is 4.74 Å². The number of carbonyl (C=O) groups is 1. The number of ether oxygens (including phenoxy) is 1. The molecular formula is C15H24N4O2. The molecule has 1 N–H and O–H groups in total. The molecule has 2 rings (SSSR count). The molecule has 0 fully saturated rings. The summed E-state index contributed by atoms with van der Waals surface area (Å²) in [7, 11) is 0. The van der Waals surface area contributed by atoms with Crippen LogP contribution in [0.1, 0.15) is 32.2 Å². The Kier molecular flexibility index (Phi) is 4.25. The number of aliphatic imine (C=N–C) groups is 1. The number of hydrogen-bond acceptors (Lipinski definition) is 4. The summed E-state index contributed by atoms with van der Waals surface area (Å²) < 4.78 is 7.38. The van der Waals surface area contributed by atoms with Gasteiger partial charge in [0, 0.05) is 17.9 Å². The Balaban J connectivity index is 2.01. The lowest BCUT2D eigenvalue weighted by Gasteiger charge is -2.30. The Morgan fingerprint density at radius 1 is 1.29 bits per heavy atom. The van der Waals surface area contributed by atoms with Crippen molar-refractivity contribution in [3.05, 3.63) is 23.5 Å². The fourth-order valence-corrected chi connectivity index (χ4v) is 2.14. The molecular weight excluding hydrogens is 268 g/mol. The van der Waals surface area contributed by atoms with Crippen molar-refractivity contribution in [1.29, 1.82) is 0 Å². The monoisotopic (exact) mass is 292 g/mol. The molecule has 0 atom stereocenters. The second-order valence-corrected chi connectivity index (χ2v) is 6.29. The highest BCUT2D eigenvalue weighted by molar-refractivity contribution is 5.93. The molecule has 116 valence electrons. The number of carbonyl (C=O) groups excluding carboxylic acids is 1. The molecule has 0 bridgehead atoms. The maximum atomic E-state index is 12.1. The number of aromatic nitrogens is 1. The van der Waals surface area contributed by atoms with Gasteiger partial charge in [0.25, 0.3) is 0 Å². The molecule has 0 unspecified atom stereocenters. The predicted octanol–water partition coefficient (Wildman–Crippen LogP) is 2.30. The van der Waals surface area contributed by atoms with Crippen LogP contribution < -0.4 is 5.43 Å². The van der Waals surface area contributed by atoms with Gasteiger partial charge in [-0.25, -0.2) is 4.79 Å². The topological polar surface area (TPSA) is 58.9 Å². The Bertz CT molecular complexity index is 535. The van der Waals surface area contributed by atoms with Crippen molar-refractivity contribution in [3.8, 4) is 0 Å². The van der Waals surface area contributed by atoms with Crippen molar-refractivity contribution in [1.82, 2.24) is 9.58 Å². The number of hydrogen-bond donors (Lipinski definition) is 1. The molecule has 0 saturated carbocycles. The average Bonchev–Trinajstić information content (AvgIpc) is 2.69. The minimum atomic E-state index is -0.479. The van der Waals surface area contributed by atoms with E-state index in [1.807, 2.05) is 51.4 Å². The standard InChI is InChI=1S/C15H24N4O2/c1-11-6-7-12(2)19(11)17-13-10-18(9-8-16-13)14(20)21-15(3,4)5/h6-7H,8-10H2,1-5H3,(H,16,17). The summed E-state index contributed by atoms with van der Waals surface area (Å²) in [6.45, 7) is 11.3. The van der Waals surface area contributed by atoms with Gasteiger partial charge in [-0.1, -0.05) is 0 Å². The molecule has 0 spiro atoms. The van der Waals surface area contributed by atoms with E-state index in [4.69, 9.17) is 4.74 Å². The summed E-state index contributed by atoms with van der Waals surface area (Å²) in [6.07, 6.45) is -0.294. The number of nitrogens with zero attached hydrogens (tertiary/aromatic N) is 3. The minimum Gasteiger partial charge on any atom is -0.444 e. The van der Waals surface area contributed by atoms with E-state index in [0.717, 1.165) is 17.2 Å². The van der Waals surface area contributed by atoms with Crippen LogP contribution in [0.2, 0.25) is 0 Å². The van der Waals surface area contributed by atoms with Crippen molar-refractivity contribution < 1.29 is 9.53 Å². The highest BCUT2D eigenvalue weighted by atomic mass is 16.6. The maximum absolute atomic E-state index is 12.1. The van der Waals surface area contributed by atoms with E-state index in [1.165, 1.54) is 0 Å². The summed E-state index contributed by atoms with van der Waals surface area (Å²) in [6, 6.07) is 4.08. The van der Waals surface area contributed by atoms with E-state index in [2.05, 4.69) is 10.4 Å². The van der Waals surface area contributed by atoms with E-state index < -0.39 is 5.60 Å². The van der Waals surface area contributed by atoms with Gasteiger partial charge in [-0.05, 0) is 46.8 Å². The van der Waals surface area contributed by atoms with Gasteiger partial charge in [0.2, 0.25) is 0 Å². The number of nitrogens with one attached hydrogen (secondary N) is 1. The van der Waals surface area contributed by atoms with Crippen molar-refractivity contribution in [2.45, 2.75) is 40.2 Å². The zero-order valence-corrected chi connectivity index (χ0v) is 13.4. The van der Waals surface area contributed by atoms with Crippen molar-refractivity contribution in [2.24, 2.45) is 4.99 Å². The van der Waals surface area contributed by atoms with Crippen LogP contribution >= 0.6 is 0 Å². The third kappa shape index (κ3) is 4.00. The van der Waals surface area contributed by atoms with Gasteiger partial charge in [-0.15, -0.1) is 0 Å². The van der Waals surface area contributed by atoms with Gasteiger partial charge in [0.05, 0.1) is 13.1 Å². The van der Waals surface area contributed by atoms with Crippen LogP contribution in [0.3, 0.4) is 0 Å². The SMILES string of the molecule is Cc1ccc(C)n1NC1=NCCN(C(=O)OC(C)(C)C)C1. The van der Waals surface area contributed by atoms with Gasteiger partial charge in [-0.3, -0.25) is 20.0 Å². The molecule has 21 heavy (non-hydrogen) atoms. The Labute approximate surface area is 125 Å². The molecule has 0 saturated heterocycles. The molecule has 1 aliphatic heterocycles. The predicted molar refractivity (Wildman–Crippen MR) is 83.4 cm³/mol. The van der Waals surface area contributed by atoms with Crippen molar-refractivity contribution >= 4 is 11.9 Å². The highest BCUT2D eigenvalue weighted by Gasteiger charge is 2.25. The summed E-state index contributed by atoms with van der Waals surface area (Å²) >= 11 is 0. The largest absolute Gasteiger partial charge is 0.444 e. The Hall–Kier alpha value is -1.98. The zero-order valence-electron chi connectivity index (χ0n) is 13.4. The molecule has 0 radical (unpaired) electrons. The smallest absolute Gasteiger partial charge is 0.410 e. The molecule has 2 heterocycles. The van der Waals surface area contributed by atoms with Crippen LogP contribution in [0.15, 0.2) is 17.1 Å². The fourth-order valence-electron chi connectivity index (χ4n) is 2.14. The maximum Gasteiger partial charge on any atom is 0.410 e. The molecule has 1 amide bonds. The first kappa shape index (κ1) is 15.4. The second kappa shape index (κ2) is 5.79. The van der Waals surface area contributed by atoms with Crippen LogP contribution in [0.4, 0.5) is 4.79 Å². The van der Waals surface area contributed by atoms with E-state index in [0.29, 0.717) is 19.6 Å². The second-order valence-electron chi connectivity index (χ2n) is 6.29. The van der Waals surface area contributed by atoms with Crippen LogP contribution in [0.5, 0.6) is 0 Å². The quantitative estimate of drug-likeness (QED) is 0.864. The van der Waals surface area contributed by atoms with E-state index >= 15 is 0 Å². The summed E-state index contributed by atoms with van der Waals surface area (Å²) in [5.74, 6) is 0.773. The fraction of sp³-hybridized carbons (Fsp3) is 0.600. The first-order valence-electron chi connectivity index (χ1n) is 7.19. The molecule has 6 nitrogen and oxygen atoms in total. The van der Waals surface area contributed by atoms with Crippen LogP contribution in [0, 0.1) is 13.8 Å². The van der Waals surface area contributed by atoms with E-state index in [9.17, 15) is 4.79 Å². The van der Waals surface area contributed by atoms with Crippen LogP contribution in [-0.2, 0) is 4.74 Å². The molecule has 0 aliphatic carbocycles. The molecule has 6 heteroatoms. The number of amidine groups is 1. The lowest BCUT2D eigenvalue weighted by Crippen LogP contribution is -2.46. The summed E-state index contributed by atoms with van der Waals surface area (Å²) in [4.78, 5) is 18.2. The number of rotatable bonds is 1. The summed E-state index contributed by atoms with van der Waals surface area (Å²) in [5.41, 5.74) is 4.99. The zero-order chi connectivity index (χ0) is 15.6. The molecule has 1 aliphatic rings. The van der Waals surface area contributed by atoms with E-state index in [1.54, 1.807) is 4.90 Å². The Morgan fingerprint density at radius 3 is 2.48 bits per heavy atom. The third-order valence-corrected chi connectivity index (χ3v) is 3.18. The average molecular weight is 292 g/mol. The normalized spacial score (nSPS) is 15.7. The van der Waals surface area contributed by atoms with Gasteiger partial charge >= 0.3 is 6.09 Å². The van der Waals surface area contributed by atoms with Gasteiger partial charge in [0.1, 0.15) is 11.4 Å². The Morgan fingerprint density at radius 2 is 1.90 bits per heavy atom. The van der Waals surface area contributed by atoms with Gasteiger partial charge in [-0.2, -0.15) is 0 Å². The molecule has 1 aromatic rings. The number of aryl methyl sites for hydroxylation is 2. The lowest BCUT2D eigenvalue weighted by atomic mass is 10.2. The number of amides is 1. The minimum absolute atomic E-state index is 0.294. The van der Waals surface area contributed by atoms with E-state index in [-0.39, 0.29) is 6.09 Å². The van der Waals surface area contributed by atoms with Crippen molar-refractivity contribution in [2.75, 3.05) is 25.1 Å². The van der Waals surface area contributed by atoms with Crippen LogP contribution in [0.25, 0.3) is 0 Å². The van der Waals surface area contributed by atoms with Crippen LogP contribution in [-0.4, -0.2) is 46.7 Å². The van der Waals surface area contributed by atoms with Gasteiger partial charge in [0.15, 0.2) is 0 Å². The highest BCUT2D eigenvalue weighted by Crippen LogP contribution is 2.11. The summed E-state index contributed by atoms with van der Waals surface area (Å²) in [5, 5.41) is 0. The third-order valence-electron chi connectivity index (χ3n) is 3.18. The molecule has 0 aromatic carbocycles. The first-order chi connectivity index (χ1) is 9.76. The first-order valence-corrected chi connectivity index (χ1v) is 7.19. The molecule has 1 aromatic heterocycles. The van der Waals surface area contributed by atoms with Crippen molar-refractivity contribution in [3.63, 3.8) is 0 Å².